The van der Waals surface area contributed by atoms with Crippen molar-refractivity contribution in [3.05, 3.63) is 48.7 Å². The van der Waals surface area contributed by atoms with Gasteiger partial charge in [-0.05, 0) is 12.1 Å². The maximum absolute atomic E-state index is 10.7. The Hall–Kier alpha value is -2.96. The highest BCUT2D eigenvalue weighted by Crippen LogP contribution is 2.21. The van der Waals surface area contributed by atoms with Gasteiger partial charge in [-0.2, -0.15) is 5.10 Å². The first-order valence-electron chi connectivity index (χ1n) is 5.39. The molecule has 19 heavy (non-hydrogen) atoms. The summed E-state index contributed by atoms with van der Waals surface area (Å²) in [4.78, 5) is 14.6. The minimum absolute atomic E-state index is 0.193. The molecule has 3 rings (SSSR count). The summed E-state index contributed by atoms with van der Waals surface area (Å²) in [5, 5.41) is 16.5. The summed E-state index contributed by atoms with van der Waals surface area (Å²) in [6.07, 6.45) is 3.01. The second-order valence-electron chi connectivity index (χ2n) is 3.77. The molecule has 3 aromatic rings. The fourth-order valence-electron chi connectivity index (χ4n) is 1.66. The van der Waals surface area contributed by atoms with Gasteiger partial charge in [-0.3, -0.25) is 0 Å². The van der Waals surface area contributed by atoms with E-state index in [-0.39, 0.29) is 5.76 Å². The van der Waals surface area contributed by atoms with Crippen LogP contribution in [0.4, 0.5) is 0 Å². The SMILES string of the molecule is O=C(O)c1cc(-c2cccc(-n3cncn3)c2)no1. The molecule has 2 heterocycles. The average Bonchev–Trinajstić information content (AvgIpc) is 3.10. The van der Waals surface area contributed by atoms with Crippen LogP contribution in [0.3, 0.4) is 0 Å². The molecule has 0 atom stereocenters. The number of aromatic nitrogens is 4. The van der Waals surface area contributed by atoms with E-state index in [0.717, 1.165) is 11.3 Å². The first-order valence-corrected chi connectivity index (χ1v) is 5.39. The van der Waals surface area contributed by atoms with E-state index in [9.17, 15) is 4.79 Å². The summed E-state index contributed by atoms with van der Waals surface area (Å²) < 4.78 is 6.33. The van der Waals surface area contributed by atoms with Crippen LogP contribution in [-0.4, -0.2) is 31.0 Å². The molecular weight excluding hydrogens is 248 g/mol. The van der Waals surface area contributed by atoms with Crippen molar-refractivity contribution >= 4 is 5.97 Å². The largest absolute Gasteiger partial charge is 0.475 e. The molecule has 0 saturated heterocycles. The van der Waals surface area contributed by atoms with E-state index in [1.54, 1.807) is 11.0 Å². The van der Waals surface area contributed by atoms with Gasteiger partial charge in [0.2, 0.25) is 5.76 Å². The molecule has 2 aromatic heterocycles. The lowest BCUT2D eigenvalue weighted by Gasteiger charge is -2.01. The third-order valence-corrected chi connectivity index (χ3v) is 2.55. The lowest BCUT2D eigenvalue weighted by Crippen LogP contribution is -1.94. The summed E-state index contributed by atoms with van der Waals surface area (Å²) >= 11 is 0. The van der Waals surface area contributed by atoms with Crippen molar-refractivity contribution in [1.82, 2.24) is 19.9 Å². The number of rotatable bonds is 3. The lowest BCUT2D eigenvalue weighted by atomic mass is 10.1. The Morgan fingerprint density at radius 3 is 2.89 bits per heavy atom. The number of hydrogen-bond acceptors (Lipinski definition) is 5. The molecule has 7 nitrogen and oxygen atoms in total. The van der Waals surface area contributed by atoms with Crippen LogP contribution in [0.5, 0.6) is 0 Å². The normalized spacial score (nSPS) is 10.5. The summed E-state index contributed by atoms with van der Waals surface area (Å²) in [5.74, 6) is -1.34. The summed E-state index contributed by atoms with van der Waals surface area (Å²) in [5.41, 5.74) is 2.00. The molecule has 0 aliphatic carbocycles. The van der Waals surface area contributed by atoms with E-state index in [0.29, 0.717) is 5.69 Å². The molecule has 0 saturated carbocycles. The first kappa shape index (κ1) is 11.1. The number of carbonyl (C=O) groups is 1. The van der Waals surface area contributed by atoms with Crippen molar-refractivity contribution < 1.29 is 14.4 Å². The Morgan fingerprint density at radius 2 is 2.21 bits per heavy atom. The summed E-state index contributed by atoms with van der Waals surface area (Å²) in [6.45, 7) is 0. The third-order valence-electron chi connectivity index (χ3n) is 2.55. The number of carboxylic acid groups (broad SMARTS) is 1. The molecular formula is C12H8N4O3. The predicted molar refractivity (Wildman–Crippen MR) is 63.8 cm³/mol. The van der Waals surface area contributed by atoms with Crippen LogP contribution in [0.15, 0.2) is 47.5 Å². The van der Waals surface area contributed by atoms with Gasteiger partial charge in [-0.25, -0.2) is 14.5 Å². The molecule has 0 spiro atoms. The van der Waals surface area contributed by atoms with Crippen LogP contribution in [0.1, 0.15) is 10.6 Å². The number of aromatic carboxylic acids is 1. The van der Waals surface area contributed by atoms with E-state index in [2.05, 4.69) is 15.2 Å². The maximum atomic E-state index is 10.7. The fourth-order valence-corrected chi connectivity index (χ4v) is 1.66. The van der Waals surface area contributed by atoms with Gasteiger partial charge in [0.25, 0.3) is 0 Å². The molecule has 1 N–H and O–H groups in total. The number of nitrogens with zero attached hydrogens (tertiary/aromatic N) is 4. The molecule has 7 heteroatoms. The van der Waals surface area contributed by atoms with Gasteiger partial charge in [0.05, 0.1) is 5.69 Å². The minimum Gasteiger partial charge on any atom is -0.475 e. The van der Waals surface area contributed by atoms with Crippen LogP contribution in [-0.2, 0) is 0 Å². The molecule has 0 unspecified atom stereocenters. The monoisotopic (exact) mass is 256 g/mol. The van der Waals surface area contributed by atoms with E-state index in [1.807, 2.05) is 24.3 Å². The van der Waals surface area contributed by atoms with E-state index in [1.165, 1.54) is 12.4 Å². The molecule has 0 aliphatic heterocycles. The number of benzene rings is 1. The number of hydrogen-bond donors (Lipinski definition) is 1. The second kappa shape index (κ2) is 4.37. The van der Waals surface area contributed by atoms with Gasteiger partial charge >= 0.3 is 5.97 Å². The molecule has 0 radical (unpaired) electrons. The van der Waals surface area contributed by atoms with Gasteiger partial charge < -0.3 is 9.63 Å². The van der Waals surface area contributed by atoms with E-state index < -0.39 is 5.97 Å². The Bertz CT molecular complexity index is 718. The topological polar surface area (TPSA) is 94.0 Å². The highest BCUT2D eigenvalue weighted by atomic mass is 16.5. The van der Waals surface area contributed by atoms with Crippen LogP contribution >= 0.6 is 0 Å². The standard InChI is InChI=1S/C12H8N4O3/c17-12(18)11-5-10(15-19-11)8-2-1-3-9(4-8)16-7-13-6-14-16/h1-7H,(H,17,18). The Morgan fingerprint density at radius 1 is 1.32 bits per heavy atom. The Labute approximate surface area is 107 Å². The van der Waals surface area contributed by atoms with Crippen molar-refractivity contribution in [1.29, 1.82) is 0 Å². The van der Waals surface area contributed by atoms with Crippen molar-refractivity contribution in [2.75, 3.05) is 0 Å². The maximum Gasteiger partial charge on any atom is 0.374 e. The minimum atomic E-state index is -1.15. The summed E-state index contributed by atoms with van der Waals surface area (Å²) in [7, 11) is 0. The van der Waals surface area contributed by atoms with Gasteiger partial charge in [0.1, 0.15) is 18.3 Å². The van der Waals surface area contributed by atoms with Crippen molar-refractivity contribution in [2.45, 2.75) is 0 Å². The second-order valence-corrected chi connectivity index (χ2v) is 3.77. The molecule has 0 fully saturated rings. The van der Waals surface area contributed by atoms with Crippen LogP contribution in [0, 0.1) is 0 Å². The fraction of sp³-hybridized carbons (Fsp3) is 0. The van der Waals surface area contributed by atoms with Gasteiger partial charge in [0.15, 0.2) is 0 Å². The Kier molecular flexibility index (Phi) is 2.57. The van der Waals surface area contributed by atoms with Crippen LogP contribution < -0.4 is 0 Å². The van der Waals surface area contributed by atoms with Gasteiger partial charge in [0, 0.05) is 11.6 Å². The summed E-state index contributed by atoms with van der Waals surface area (Å²) in [6, 6.07) is 8.68. The molecule has 0 bridgehead atoms. The van der Waals surface area contributed by atoms with Gasteiger partial charge in [-0.15, -0.1) is 0 Å². The predicted octanol–water partition coefficient (Wildman–Crippen LogP) is 1.62. The quantitative estimate of drug-likeness (QED) is 0.765. The van der Waals surface area contributed by atoms with Crippen molar-refractivity contribution in [2.24, 2.45) is 0 Å². The van der Waals surface area contributed by atoms with Crippen LogP contribution in [0.2, 0.25) is 0 Å². The van der Waals surface area contributed by atoms with E-state index >= 15 is 0 Å². The zero-order valence-electron chi connectivity index (χ0n) is 9.59. The third kappa shape index (κ3) is 2.08. The molecule has 1 aromatic carbocycles. The first-order chi connectivity index (χ1) is 9.24. The van der Waals surface area contributed by atoms with E-state index in [4.69, 9.17) is 9.63 Å². The highest BCUT2D eigenvalue weighted by Gasteiger charge is 2.12. The Balaban J connectivity index is 2.01. The molecule has 0 aliphatic rings. The number of carboxylic acids is 1. The highest BCUT2D eigenvalue weighted by molar-refractivity contribution is 5.85. The lowest BCUT2D eigenvalue weighted by molar-refractivity contribution is 0.0652. The smallest absolute Gasteiger partial charge is 0.374 e. The molecule has 0 amide bonds. The van der Waals surface area contributed by atoms with Gasteiger partial charge in [-0.1, -0.05) is 17.3 Å². The molecule has 94 valence electrons. The van der Waals surface area contributed by atoms with Crippen molar-refractivity contribution in [3.8, 4) is 16.9 Å². The average molecular weight is 256 g/mol. The van der Waals surface area contributed by atoms with Crippen molar-refractivity contribution in [3.63, 3.8) is 0 Å². The van der Waals surface area contributed by atoms with Crippen LogP contribution in [0.25, 0.3) is 16.9 Å². The zero-order chi connectivity index (χ0) is 13.2. The zero-order valence-corrected chi connectivity index (χ0v) is 9.59.